The molecule has 0 aliphatic carbocycles. The Morgan fingerprint density at radius 2 is 1.76 bits per heavy atom. The predicted molar refractivity (Wildman–Crippen MR) is 123 cm³/mol. The lowest BCUT2D eigenvalue weighted by atomic mass is 9.88. The Kier molecular flexibility index (Phi) is 6.06. The number of hydrogen-bond acceptors (Lipinski definition) is 3. The van der Waals surface area contributed by atoms with Crippen molar-refractivity contribution in [3.63, 3.8) is 0 Å². The molecule has 1 aliphatic rings. The second-order valence-electron chi connectivity index (χ2n) is 8.36. The van der Waals surface area contributed by atoms with E-state index in [-0.39, 0.29) is 29.4 Å². The molecular weight excluding hydrogens is 429 g/mol. The lowest BCUT2D eigenvalue weighted by Gasteiger charge is -2.40. The molecule has 2 atom stereocenters. The molecule has 33 heavy (non-hydrogen) atoms. The molecule has 172 valence electrons. The van der Waals surface area contributed by atoms with Crippen molar-refractivity contribution in [2.24, 2.45) is 0 Å². The predicted octanol–water partition coefficient (Wildman–Crippen LogP) is 6.86. The summed E-state index contributed by atoms with van der Waals surface area (Å²) in [6.45, 7) is 5.48. The number of nitrogens with one attached hydrogen (secondary N) is 1. The molecule has 0 bridgehead atoms. The van der Waals surface area contributed by atoms with Crippen LogP contribution in [0.15, 0.2) is 66.7 Å². The topological polar surface area (TPSA) is 41.6 Å². The van der Waals surface area contributed by atoms with Crippen LogP contribution in [0.3, 0.4) is 0 Å². The number of halogens is 3. The van der Waals surface area contributed by atoms with Gasteiger partial charge < -0.3 is 15.0 Å². The quantitative estimate of drug-likeness (QED) is 0.468. The number of nitrogens with zero attached hydrogens (tertiary/aromatic N) is 1. The van der Waals surface area contributed by atoms with Gasteiger partial charge in [-0.15, -0.1) is 13.2 Å². The number of carbonyl (C=O) groups excluding carboxylic acids is 1. The highest BCUT2D eigenvalue weighted by Crippen LogP contribution is 2.42. The van der Waals surface area contributed by atoms with Crippen LogP contribution in [0.2, 0.25) is 0 Å². The van der Waals surface area contributed by atoms with E-state index in [0.29, 0.717) is 6.42 Å². The number of ether oxygens (including phenoxy) is 1. The first kappa shape index (κ1) is 22.7. The summed E-state index contributed by atoms with van der Waals surface area (Å²) in [6.07, 6.45) is -4.26. The second-order valence-corrected chi connectivity index (χ2v) is 8.36. The normalized spacial score (nSPS) is 17.9. The number of carbonyl (C=O) groups is 1. The van der Waals surface area contributed by atoms with Gasteiger partial charge in [0.25, 0.3) is 0 Å². The molecule has 0 unspecified atom stereocenters. The van der Waals surface area contributed by atoms with Gasteiger partial charge in [0, 0.05) is 18.7 Å². The standard InChI is InChI=1S/C26H25F3N2O2/c1-16-7-6-8-19(13-16)20-11-12-24-21(15-20)23(14-17(2)31(24)18(3)32)30-22-9-4-5-10-25(22)33-26(27,28)29/h4-13,15,17,23,30H,14H2,1-3H3/t17-,23+/m0/s1. The van der Waals surface area contributed by atoms with Crippen molar-refractivity contribution in [3.8, 4) is 16.9 Å². The molecule has 0 radical (unpaired) electrons. The van der Waals surface area contributed by atoms with Crippen molar-refractivity contribution in [2.75, 3.05) is 10.2 Å². The van der Waals surface area contributed by atoms with Crippen LogP contribution >= 0.6 is 0 Å². The SMILES string of the molecule is CC(=O)N1c2ccc(-c3cccc(C)c3)cc2[C@H](Nc2ccccc2OC(F)(F)F)C[C@@H]1C. The Morgan fingerprint density at radius 1 is 1.03 bits per heavy atom. The Labute approximate surface area is 191 Å². The van der Waals surface area contributed by atoms with Crippen LogP contribution in [0.1, 0.15) is 37.4 Å². The fourth-order valence-corrected chi connectivity index (χ4v) is 4.47. The minimum atomic E-state index is -4.79. The number of hydrogen-bond donors (Lipinski definition) is 1. The van der Waals surface area contributed by atoms with Gasteiger partial charge in [0.05, 0.1) is 11.7 Å². The van der Waals surface area contributed by atoms with Crippen molar-refractivity contribution in [2.45, 2.75) is 45.6 Å². The third-order valence-electron chi connectivity index (χ3n) is 5.81. The number of rotatable bonds is 4. The average Bonchev–Trinajstić information content (AvgIpc) is 2.73. The van der Waals surface area contributed by atoms with Gasteiger partial charge in [0.1, 0.15) is 0 Å². The molecule has 4 nitrogen and oxygen atoms in total. The first-order chi connectivity index (χ1) is 15.6. The molecule has 3 aromatic carbocycles. The summed E-state index contributed by atoms with van der Waals surface area (Å²) in [6, 6.07) is 19.5. The monoisotopic (exact) mass is 454 g/mol. The van der Waals surface area contributed by atoms with E-state index in [9.17, 15) is 18.0 Å². The van der Waals surface area contributed by atoms with Crippen molar-refractivity contribution in [1.82, 2.24) is 0 Å². The van der Waals surface area contributed by atoms with Crippen molar-refractivity contribution in [3.05, 3.63) is 77.9 Å². The van der Waals surface area contributed by atoms with Crippen LogP contribution in [0.5, 0.6) is 5.75 Å². The summed E-state index contributed by atoms with van der Waals surface area (Å²) >= 11 is 0. The number of amides is 1. The third kappa shape index (κ3) is 4.97. The maximum absolute atomic E-state index is 12.9. The number of benzene rings is 3. The Hall–Kier alpha value is -3.48. The maximum Gasteiger partial charge on any atom is 0.573 e. The molecule has 1 heterocycles. The Bertz CT molecular complexity index is 1180. The largest absolute Gasteiger partial charge is 0.573 e. The van der Waals surface area contributed by atoms with Gasteiger partial charge in [-0.25, -0.2) is 0 Å². The zero-order valence-corrected chi connectivity index (χ0v) is 18.6. The van der Waals surface area contributed by atoms with Crippen LogP contribution in [0, 0.1) is 6.92 Å². The lowest BCUT2D eigenvalue weighted by Crippen LogP contribution is -2.43. The molecule has 0 aromatic heterocycles. The molecule has 0 spiro atoms. The first-order valence-corrected chi connectivity index (χ1v) is 10.7. The highest BCUT2D eigenvalue weighted by atomic mass is 19.4. The second kappa shape index (κ2) is 8.81. The van der Waals surface area contributed by atoms with Gasteiger partial charge in [0.15, 0.2) is 5.75 Å². The summed E-state index contributed by atoms with van der Waals surface area (Å²) in [4.78, 5) is 14.1. The summed E-state index contributed by atoms with van der Waals surface area (Å²) in [5, 5.41) is 3.25. The molecule has 0 saturated carbocycles. The number of fused-ring (bicyclic) bond motifs is 1. The van der Waals surface area contributed by atoms with Gasteiger partial charge in [-0.05, 0) is 61.2 Å². The van der Waals surface area contributed by atoms with E-state index in [0.717, 1.165) is 27.9 Å². The zero-order valence-electron chi connectivity index (χ0n) is 18.6. The molecule has 0 saturated heterocycles. The average molecular weight is 454 g/mol. The number of anilines is 2. The van der Waals surface area contributed by atoms with E-state index in [2.05, 4.69) is 16.1 Å². The van der Waals surface area contributed by atoms with E-state index in [1.54, 1.807) is 17.0 Å². The molecule has 3 aromatic rings. The fraction of sp³-hybridized carbons (Fsp3) is 0.269. The number of aryl methyl sites for hydroxylation is 1. The van der Waals surface area contributed by atoms with E-state index in [1.165, 1.54) is 19.1 Å². The van der Waals surface area contributed by atoms with E-state index >= 15 is 0 Å². The van der Waals surface area contributed by atoms with Crippen LogP contribution in [-0.2, 0) is 4.79 Å². The molecule has 1 N–H and O–H groups in total. The number of para-hydroxylation sites is 2. The van der Waals surface area contributed by atoms with Crippen molar-refractivity contribution < 1.29 is 22.7 Å². The third-order valence-corrected chi connectivity index (χ3v) is 5.81. The summed E-state index contributed by atoms with van der Waals surface area (Å²) in [5.74, 6) is -0.366. The van der Waals surface area contributed by atoms with Crippen molar-refractivity contribution in [1.29, 1.82) is 0 Å². The summed E-state index contributed by atoms with van der Waals surface area (Å²) in [5.41, 5.74) is 4.98. The smallest absolute Gasteiger partial charge is 0.404 e. The highest BCUT2D eigenvalue weighted by Gasteiger charge is 2.35. The van der Waals surface area contributed by atoms with Crippen LogP contribution in [0.25, 0.3) is 11.1 Å². The molecule has 1 aliphatic heterocycles. The van der Waals surface area contributed by atoms with Crippen LogP contribution < -0.4 is 15.0 Å². The van der Waals surface area contributed by atoms with Gasteiger partial charge >= 0.3 is 6.36 Å². The molecule has 7 heteroatoms. The molecule has 4 rings (SSSR count). The van der Waals surface area contributed by atoms with Crippen molar-refractivity contribution >= 4 is 17.3 Å². The van der Waals surface area contributed by atoms with Crippen LogP contribution in [-0.4, -0.2) is 18.3 Å². The molecule has 0 fully saturated rings. The van der Waals surface area contributed by atoms with Gasteiger partial charge in [0.2, 0.25) is 5.91 Å². The van der Waals surface area contributed by atoms with E-state index < -0.39 is 6.36 Å². The molecule has 1 amide bonds. The van der Waals surface area contributed by atoms with E-state index in [1.807, 2.05) is 50.2 Å². The minimum absolute atomic E-state index is 0.0775. The van der Waals surface area contributed by atoms with Gasteiger partial charge in [-0.3, -0.25) is 4.79 Å². The molecular formula is C26H25F3N2O2. The zero-order chi connectivity index (χ0) is 23.8. The lowest BCUT2D eigenvalue weighted by molar-refractivity contribution is -0.274. The van der Waals surface area contributed by atoms with Gasteiger partial charge in [-0.1, -0.05) is 48.0 Å². The number of alkyl halides is 3. The highest BCUT2D eigenvalue weighted by molar-refractivity contribution is 5.94. The fourth-order valence-electron chi connectivity index (χ4n) is 4.47. The van der Waals surface area contributed by atoms with E-state index in [4.69, 9.17) is 0 Å². The van der Waals surface area contributed by atoms with Gasteiger partial charge in [-0.2, -0.15) is 0 Å². The Morgan fingerprint density at radius 3 is 2.45 bits per heavy atom. The Balaban J connectivity index is 1.77. The van der Waals surface area contributed by atoms with Crippen LogP contribution in [0.4, 0.5) is 24.5 Å². The first-order valence-electron chi connectivity index (χ1n) is 10.7. The maximum atomic E-state index is 12.9. The summed E-state index contributed by atoms with van der Waals surface area (Å²) < 4.78 is 43.0. The minimum Gasteiger partial charge on any atom is -0.404 e. The summed E-state index contributed by atoms with van der Waals surface area (Å²) in [7, 11) is 0.